The number of rotatable bonds is 9. The van der Waals surface area contributed by atoms with Crippen LogP contribution >= 0.6 is 23.2 Å². The summed E-state index contributed by atoms with van der Waals surface area (Å²) in [5.74, 6) is -0.607. The smallest absolute Gasteiger partial charge is 0.264 e. The molecule has 3 rings (SSSR count). The molecule has 0 spiro atoms. The molecule has 0 aliphatic carbocycles. The normalized spacial score (nSPS) is 11.8. The van der Waals surface area contributed by atoms with Crippen molar-refractivity contribution in [2.24, 2.45) is 5.10 Å². The minimum Gasteiger partial charge on any atom is -0.271 e. The molecule has 1 amide bonds. The van der Waals surface area contributed by atoms with Crippen molar-refractivity contribution in [1.82, 2.24) is 5.43 Å². The van der Waals surface area contributed by atoms with Crippen LogP contribution in [0.2, 0.25) is 10.0 Å². The summed E-state index contributed by atoms with van der Waals surface area (Å²) in [5.41, 5.74) is 4.42. The fourth-order valence-corrected chi connectivity index (χ4v) is 4.96. The molecule has 172 valence electrons. The first kappa shape index (κ1) is 24.8. The average molecular weight is 504 g/mol. The van der Waals surface area contributed by atoms with Crippen LogP contribution in [0.4, 0.5) is 5.69 Å². The quantitative estimate of drug-likeness (QED) is 0.317. The third kappa shape index (κ3) is 6.57. The summed E-state index contributed by atoms with van der Waals surface area (Å²) in [4.78, 5) is 12.7. The van der Waals surface area contributed by atoms with Crippen molar-refractivity contribution in [1.29, 1.82) is 0 Å². The topological polar surface area (TPSA) is 78.8 Å². The Morgan fingerprint density at radius 3 is 2.24 bits per heavy atom. The standard InChI is InChI=1S/C24H23Cl2N3O3S/c1-18(15-16-19-9-4-2-5-10-19)27-28-23(30)17-29(22-14-8-13-21(25)24(22)26)33(31,32)20-11-6-3-7-12-20/h2-14H,15-17H2,1H3,(H,28,30)/b27-18+. The van der Waals surface area contributed by atoms with Gasteiger partial charge in [-0.2, -0.15) is 5.10 Å². The van der Waals surface area contributed by atoms with E-state index < -0.39 is 22.5 Å². The number of hydrazone groups is 1. The molecule has 0 saturated heterocycles. The molecular formula is C24H23Cl2N3O3S. The minimum atomic E-state index is -4.09. The summed E-state index contributed by atoms with van der Waals surface area (Å²) in [7, 11) is -4.09. The summed E-state index contributed by atoms with van der Waals surface area (Å²) < 4.78 is 27.6. The number of sulfonamides is 1. The second kappa shape index (κ2) is 11.3. The number of hydrogen-bond donors (Lipinski definition) is 1. The predicted molar refractivity (Wildman–Crippen MR) is 133 cm³/mol. The van der Waals surface area contributed by atoms with Crippen LogP contribution in [0.5, 0.6) is 0 Å². The molecule has 33 heavy (non-hydrogen) atoms. The predicted octanol–water partition coefficient (Wildman–Crippen LogP) is 5.31. The van der Waals surface area contributed by atoms with Gasteiger partial charge in [0.15, 0.2) is 0 Å². The summed E-state index contributed by atoms with van der Waals surface area (Å²) in [6.07, 6.45) is 1.43. The van der Waals surface area contributed by atoms with E-state index in [1.807, 2.05) is 30.3 Å². The van der Waals surface area contributed by atoms with Gasteiger partial charge in [-0.15, -0.1) is 0 Å². The summed E-state index contributed by atoms with van der Waals surface area (Å²) in [6, 6.07) is 22.3. The van der Waals surface area contributed by atoms with Gasteiger partial charge in [-0.1, -0.05) is 77.8 Å². The molecule has 1 N–H and O–H groups in total. The van der Waals surface area contributed by atoms with Gasteiger partial charge in [0, 0.05) is 5.71 Å². The minimum absolute atomic E-state index is 0.0244. The van der Waals surface area contributed by atoms with Crippen LogP contribution in [-0.2, 0) is 21.2 Å². The molecule has 3 aromatic rings. The highest BCUT2D eigenvalue weighted by Gasteiger charge is 2.29. The van der Waals surface area contributed by atoms with Crippen LogP contribution < -0.4 is 9.73 Å². The van der Waals surface area contributed by atoms with E-state index in [1.165, 1.54) is 18.2 Å². The van der Waals surface area contributed by atoms with E-state index in [0.29, 0.717) is 12.1 Å². The first-order chi connectivity index (χ1) is 15.8. The van der Waals surface area contributed by atoms with E-state index in [1.54, 1.807) is 37.3 Å². The maximum Gasteiger partial charge on any atom is 0.264 e. The van der Waals surface area contributed by atoms with Gasteiger partial charge < -0.3 is 0 Å². The Hall–Kier alpha value is -2.87. The molecule has 0 heterocycles. The Balaban J connectivity index is 1.78. The number of nitrogens with one attached hydrogen (secondary N) is 1. The van der Waals surface area contributed by atoms with E-state index in [0.717, 1.165) is 16.3 Å². The summed E-state index contributed by atoms with van der Waals surface area (Å²) in [6.45, 7) is 1.28. The highest BCUT2D eigenvalue weighted by atomic mass is 35.5. The lowest BCUT2D eigenvalue weighted by atomic mass is 10.1. The molecule has 0 aliphatic rings. The van der Waals surface area contributed by atoms with E-state index in [9.17, 15) is 13.2 Å². The van der Waals surface area contributed by atoms with Gasteiger partial charge in [-0.3, -0.25) is 9.10 Å². The van der Waals surface area contributed by atoms with E-state index in [2.05, 4.69) is 10.5 Å². The van der Waals surface area contributed by atoms with Crippen LogP contribution in [0.15, 0.2) is 88.9 Å². The summed E-state index contributed by atoms with van der Waals surface area (Å²) >= 11 is 12.4. The van der Waals surface area contributed by atoms with E-state index in [-0.39, 0.29) is 20.6 Å². The number of carbonyl (C=O) groups excluding carboxylic acids is 1. The number of amides is 1. The van der Waals surface area contributed by atoms with Crippen molar-refractivity contribution in [2.75, 3.05) is 10.8 Å². The van der Waals surface area contributed by atoms with E-state index in [4.69, 9.17) is 23.2 Å². The van der Waals surface area contributed by atoms with Gasteiger partial charge in [0.1, 0.15) is 6.54 Å². The molecule has 0 aliphatic heterocycles. The second-order valence-electron chi connectivity index (χ2n) is 7.27. The fourth-order valence-electron chi connectivity index (χ4n) is 3.05. The molecule has 0 saturated carbocycles. The number of carbonyl (C=O) groups is 1. The van der Waals surface area contributed by atoms with Gasteiger partial charge in [0.2, 0.25) is 0 Å². The van der Waals surface area contributed by atoms with Crippen molar-refractivity contribution >= 4 is 50.5 Å². The molecule has 9 heteroatoms. The summed E-state index contributed by atoms with van der Waals surface area (Å²) in [5, 5.41) is 4.33. The Bertz CT molecular complexity index is 1230. The molecule has 6 nitrogen and oxygen atoms in total. The Labute approximate surface area is 203 Å². The zero-order valence-corrected chi connectivity index (χ0v) is 20.2. The number of nitrogens with zero attached hydrogens (tertiary/aromatic N) is 2. The van der Waals surface area contributed by atoms with Crippen LogP contribution in [0.3, 0.4) is 0 Å². The van der Waals surface area contributed by atoms with Gasteiger partial charge >= 0.3 is 0 Å². The monoisotopic (exact) mass is 503 g/mol. The zero-order chi connectivity index (χ0) is 23.8. The van der Waals surface area contributed by atoms with Crippen LogP contribution in [0, 0.1) is 0 Å². The van der Waals surface area contributed by atoms with Gasteiger partial charge in [0.25, 0.3) is 15.9 Å². The number of hydrogen-bond acceptors (Lipinski definition) is 4. The maximum absolute atomic E-state index is 13.3. The first-order valence-corrected chi connectivity index (χ1v) is 12.4. The molecule has 0 unspecified atom stereocenters. The Kier molecular flexibility index (Phi) is 8.49. The highest BCUT2D eigenvalue weighted by molar-refractivity contribution is 7.92. The third-order valence-corrected chi connectivity index (χ3v) is 7.39. The first-order valence-electron chi connectivity index (χ1n) is 10.2. The molecule has 0 bridgehead atoms. The zero-order valence-electron chi connectivity index (χ0n) is 17.9. The van der Waals surface area contributed by atoms with Crippen molar-refractivity contribution in [3.8, 4) is 0 Å². The van der Waals surface area contributed by atoms with E-state index >= 15 is 0 Å². The van der Waals surface area contributed by atoms with Crippen LogP contribution in [-0.4, -0.2) is 26.6 Å². The lowest BCUT2D eigenvalue weighted by Gasteiger charge is -2.25. The van der Waals surface area contributed by atoms with Crippen LogP contribution in [0.1, 0.15) is 18.9 Å². The number of halogens is 2. The second-order valence-corrected chi connectivity index (χ2v) is 9.91. The maximum atomic E-state index is 13.3. The van der Waals surface area contributed by atoms with Crippen molar-refractivity contribution in [3.63, 3.8) is 0 Å². The van der Waals surface area contributed by atoms with Gasteiger partial charge in [0.05, 0.1) is 20.6 Å². The molecular weight excluding hydrogens is 481 g/mol. The average Bonchev–Trinajstić information content (AvgIpc) is 2.83. The third-order valence-electron chi connectivity index (χ3n) is 4.81. The van der Waals surface area contributed by atoms with Crippen molar-refractivity contribution in [3.05, 3.63) is 94.5 Å². The lowest BCUT2D eigenvalue weighted by molar-refractivity contribution is -0.119. The molecule has 0 radical (unpaired) electrons. The Morgan fingerprint density at radius 1 is 0.939 bits per heavy atom. The van der Waals surface area contributed by atoms with Crippen LogP contribution in [0.25, 0.3) is 0 Å². The van der Waals surface area contributed by atoms with Crippen molar-refractivity contribution < 1.29 is 13.2 Å². The molecule has 3 aromatic carbocycles. The number of benzene rings is 3. The highest BCUT2D eigenvalue weighted by Crippen LogP contribution is 2.35. The lowest BCUT2D eigenvalue weighted by Crippen LogP contribution is -2.40. The largest absolute Gasteiger partial charge is 0.271 e. The SMILES string of the molecule is C/C(CCc1ccccc1)=N\NC(=O)CN(c1cccc(Cl)c1Cl)S(=O)(=O)c1ccccc1. The number of aryl methyl sites for hydroxylation is 1. The van der Waals surface area contributed by atoms with Gasteiger partial charge in [-0.05, 0) is 49.6 Å². The Morgan fingerprint density at radius 2 is 1.58 bits per heavy atom. The van der Waals surface area contributed by atoms with Crippen molar-refractivity contribution in [2.45, 2.75) is 24.7 Å². The molecule has 0 atom stereocenters. The molecule has 0 fully saturated rings. The van der Waals surface area contributed by atoms with Gasteiger partial charge in [-0.25, -0.2) is 13.8 Å². The number of anilines is 1. The fraction of sp³-hybridized carbons (Fsp3) is 0.167. The molecule has 0 aromatic heterocycles.